The van der Waals surface area contributed by atoms with Crippen LogP contribution in [-0.4, -0.2) is 50.0 Å². The van der Waals surface area contributed by atoms with Gasteiger partial charge in [0.15, 0.2) is 0 Å². The lowest BCUT2D eigenvalue weighted by atomic mass is 9.87. The van der Waals surface area contributed by atoms with Gasteiger partial charge in [0.25, 0.3) is 5.91 Å². The summed E-state index contributed by atoms with van der Waals surface area (Å²) in [5.41, 5.74) is 1.68. The fourth-order valence-corrected chi connectivity index (χ4v) is 4.86. The van der Waals surface area contributed by atoms with Gasteiger partial charge in [0.05, 0.1) is 19.8 Å². The lowest BCUT2D eigenvalue weighted by Gasteiger charge is -2.30. The van der Waals surface area contributed by atoms with Crippen molar-refractivity contribution >= 4 is 5.91 Å². The van der Waals surface area contributed by atoms with Crippen LogP contribution in [0.4, 0.5) is 0 Å². The number of ether oxygens (including phenoxy) is 2. The summed E-state index contributed by atoms with van der Waals surface area (Å²) < 4.78 is 11.8. The second kappa shape index (κ2) is 8.80. The molecule has 1 N–H and O–H groups in total. The monoisotopic (exact) mass is 388 g/mol. The summed E-state index contributed by atoms with van der Waals surface area (Å²) in [6.07, 6.45) is 8.95. The van der Waals surface area contributed by atoms with Crippen molar-refractivity contribution in [3.63, 3.8) is 0 Å². The molecule has 2 atom stereocenters. The topological polar surface area (TPSA) is 60.0 Å². The van der Waals surface area contributed by atoms with E-state index in [0.29, 0.717) is 24.3 Å². The fourth-order valence-electron chi connectivity index (χ4n) is 4.86. The highest BCUT2D eigenvalue weighted by Gasteiger charge is 2.32. The molecule has 0 bridgehead atoms. The standard InChI is InChI=1S/C22H32N2O4/c1-26-17-8-6-15(7-9-17)13-23-20-4-3-5-21(20)28-18-10-11-19-16(12-18)14-24(27-2)22(19)25/h10-12,15,17,20-21,23H,3-9,13-14H2,1-2H3/t15-,17-,20-,21-/m0/s1. The van der Waals surface area contributed by atoms with Crippen LogP contribution in [0.15, 0.2) is 18.2 Å². The quantitative estimate of drug-likeness (QED) is 0.777. The predicted octanol–water partition coefficient (Wildman–Crippen LogP) is 3.30. The van der Waals surface area contributed by atoms with E-state index in [-0.39, 0.29) is 12.0 Å². The maximum atomic E-state index is 12.2. The van der Waals surface area contributed by atoms with Crippen LogP contribution in [0.3, 0.4) is 0 Å². The van der Waals surface area contributed by atoms with Crippen LogP contribution < -0.4 is 10.1 Å². The molecule has 1 heterocycles. The summed E-state index contributed by atoms with van der Waals surface area (Å²) in [6.45, 7) is 1.56. The van der Waals surface area contributed by atoms with Gasteiger partial charge in [-0.3, -0.25) is 9.63 Å². The Hall–Kier alpha value is -1.63. The first-order valence-electron chi connectivity index (χ1n) is 10.6. The van der Waals surface area contributed by atoms with Gasteiger partial charge in [-0.15, -0.1) is 0 Å². The van der Waals surface area contributed by atoms with E-state index in [9.17, 15) is 4.79 Å². The van der Waals surface area contributed by atoms with E-state index < -0.39 is 0 Å². The first-order valence-corrected chi connectivity index (χ1v) is 10.6. The van der Waals surface area contributed by atoms with Crippen LogP contribution in [0.2, 0.25) is 0 Å². The van der Waals surface area contributed by atoms with Crippen molar-refractivity contribution in [2.75, 3.05) is 20.8 Å². The number of rotatable bonds is 7. The maximum absolute atomic E-state index is 12.2. The number of carbonyl (C=O) groups is 1. The predicted molar refractivity (Wildman–Crippen MR) is 106 cm³/mol. The molecule has 0 unspecified atom stereocenters. The minimum atomic E-state index is -0.0762. The molecule has 28 heavy (non-hydrogen) atoms. The van der Waals surface area contributed by atoms with Gasteiger partial charge in [0, 0.05) is 18.7 Å². The molecule has 6 heteroatoms. The molecule has 2 saturated carbocycles. The third-order valence-electron chi connectivity index (χ3n) is 6.60. The summed E-state index contributed by atoms with van der Waals surface area (Å²) >= 11 is 0. The van der Waals surface area contributed by atoms with Crippen LogP contribution in [0, 0.1) is 5.92 Å². The Morgan fingerprint density at radius 3 is 2.68 bits per heavy atom. The molecule has 1 aliphatic heterocycles. The smallest absolute Gasteiger partial charge is 0.278 e. The summed E-state index contributed by atoms with van der Waals surface area (Å²) in [5.74, 6) is 1.52. The third kappa shape index (κ3) is 4.19. The van der Waals surface area contributed by atoms with E-state index >= 15 is 0 Å². The van der Waals surface area contributed by atoms with Gasteiger partial charge in [-0.25, -0.2) is 5.06 Å². The van der Waals surface area contributed by atoms with Gasteiger partial charge in [0.2, 0.25) is 0 Å². The first-order chi connectivity index (χ1) is 13.7. The molecule has 4 rings (SSSR count). The van der Waals surface area contributed by atoms with Gasteiger partial charge in [-0.1, -0.05) is 0 Å². The normalized spacial score (nSPS) is 29.9. The molecule has 154 valence electrons. The highest BCUT2D eigenvalue weighted by Crippen LogP contribution is 2.31. The largest absolute Gasteiger partial charge is 0.489 e. The highest BCUT2D eigenvalue weighted by atomic mass is 16.7. The number of amides is 1. The molecule has 1 aromatic carbocycles. The van der Waals surface area contributed by atoms with Crippen molar-refractivity contribution in [3.05, 3.63) is 29.3 Å². The number of nitrogens with one attached hydrogen (secondary N) is 1. The molecular formula is C22H32N2O4. The van der Waals surface area contributed by atoms with Crippen molar-refractivity contribution in [3.8, 4) is 5.75 Å². The molecule has 6 nitrogen and oxygen atoms in total. The number of fused-ring (bicyclic) bond motifs is 1. The lowest BCUT2D eigenvalue weighted by molar-refractivity contribution is -0.0957. The molecule has 2 aliphatic carbocycles. The van der Waals surface area contributed by atoms with Crippen molar-refractivity contribution in [2.24, 2.45) is 5.92 Å². The molecule has 0 aromatic heterocycles. The zero-order valence-electron chi connectivity index (χ0n) is 17.0. The third-order valence-corrected chi connectivity index (χ3v) is 6.60. The number of carbonyl (C=O) groups excluding carboxylic acids is 1. The van der Waals surface area contributed by atoms with E-state index in [1.165, 1.54) is 50.7 Å². The Morgan fingerprint density at radius 1 is 1.11 bits per heavy atom. The Bertz CT molecular complexity index is 687. The minimum absolute atomic E-state index is 0.0762. The summed E-state index contributed by atoms with van der Waals surface area (Å²) in [7, 11) is 3.35. The van der Waals surface area contributed by atoms with E-state index in [2.05, 4.69) is 5.32 Å². The van der Waals surface area contributed by atoms with Gasteiger partial charge in [0.1, 0.15) is 11.9 Å². The number of methoxy groups -OCH3 is 1. The lowest BCUT2D eigenvalue weighted by Crippen LogP contribution is -2.42. The van der Waals surface area contributed by atoms with Gasteiger partial charge in [-0.05, 0) is 81.2 Å². The average Bonchev–Trinajstić information content (AvgIpc) is 3.30. The van der Waals surface area contributed by atoms with Crippen molar-refractivity contribution in [1.29, 1.82) is 0 Å². The van der Waals surface area contributed by atoms with E-state index in [4.69, 9.17) is 14.3 Å². The Labute approximate surface area is 167 Å². The average molecular weight is 389 g/mol. The number of nitrogens with zero attached hydrogens (tertiary/aromatic N) is 1. The summed E-state index contributed by atoms with van der Waals surface area (Å²) in [6, 6.07) is 6.17. The number of hydroxylamine groups is 2. The summed E-state index contributed by atoms with van der Waals surface area (Å²) in [5, 5.41) is 5.16. The van der Waals surface area contributed by atoms with Crippen LogP contribution in [0.25, 0.3) is 0 Å². The van der Waals surface area contributed by atoms with Crippen molar-refractivity contribution in [2.45, 2.75) is 69.7 Å². The molecule has 0 radical (unpaired) electrons. The molecule has 1 aromatic rings. The van der Waals surface area contributed by atoms with Crippen LogP contribution in [0.1, 0.15) is 60.9 Å². The first kappa shape index (κ1) is 19.7. The number of hydrogen-bond acceptors (Lipinski definition) is 5. The second-order valence-electron chi connectivity index (χ2n) is 8.32. The Morgan fingerprint density at radius 2 is 1.93 bits per heavy atom. The second-order valence-corrected chi connectivity index (χ2v) is 8.32. The van der Waals surface area contributed by atoms with E-state index in [1.807, 2.05) is 25.3 Å². The zero-order chi connectivity index (χ0) is 19.5. The molecule has 0 saturated heterocycles. The molecule has 1 amide bonds. The van der Waals surface area contributed by atoms with Crippen molar-refractivity contribution in [1.82, 2.24) is 10.4 Å². The van der Waals surface area contributed by atoms with Gasteiger partial charge in [-0.2, -0.15) is 0 Å². The van der Waals surface area contributed by atoms with E-state index in [0.717, 1.165) is 30.2 Å². The maximum Gasteiger partial charge on any atom is 0.278 e. The van der Waals surface area contributed by atoms with Crippen LogP contribution in [-0.2, 0) is 16.1 Å². The number of benzene rings is 1. The molecule has 0 spiro atoms. The van der Waals surface area contributed by atoms with Crippen LogP contribution in [0.5, 0.6) is 5.75 Å². The number of hydrogen-bond donors (Lipinski definition) is 1. The molecule has 2 fully saturated rings. The zero-order valence-corrected chi connectivity index (χ0v) is 17.0. The highest BCUT2D eigenvalue weighted by molar-refractivity contribution is 5.97. The molecule has 3 aliphatic rings. The fraction of sp³-hybridized carbons (Fsp3) is 0.682. The Kier molecular flexibility index (Phi) is 6.19. The van der Waals surface area contributed by atoms with E-state index in [1.54, 1.807) is 0 Å². The van der Waals surface area contributed by atoms with Crippen LogP contribution >= 0.6 is 0 Å². The van der Waals surface area contributed by atoms with Gasteiger partial charge >= 0.3 is 0 Å². The molecular weight excluding hydrogens is 356 g/mol. The minimum Gasteiger partial charge on any atom is -0.489 e. The SMILES string of the molecule is CON1Cc2cc(O[C@H]3CCC[C@@H]3NC[C@H]3CC[C@H](OC)CC3)ccc2C1=O. The van der Waals surface area contributed by atoms with Gasteiger partial charge < -0.3 is 14.8 Å². The summed E-state index contributed by atoms with van der Waals surface area (Å²) in [4.78, 5) is 17.3. The van der Waals surface area contributed by atoms with Crippen molar-refractivity contribution < 1.29 is 19.1 Å². The Balaban J connectivity index is 1.31.